The number of thiophene rings is 1. The molecule has 0 aliphatic carbocycles. The van der Waals surface area contributed by atoms with Gasteiger partial charge in [0.2, 0.25) is 0 Å². The summed E-state index contributed by atoms with van der Waals surface area (Å²) in [6, 6.07) is 14.8. The van der Waals surface area contributed by atoms with Crippen molar-refractivity contribution in [3.8, 4) is 10.6 Å². The molecule has 0 spiro atoms. The summed E-state index contributed by atoms with van der Waals surface area (Å²) < 4.78 is 3.19. The van der Waals surface area contributed by atoms with Gasteiger partial charge in [-0.3, -0.25) is 0 Å². The third-order valence-electron chi connectivity index (χ3n) is 4.91. The highest BCUT2D eigenvalue weighted by molar-refractivity contribution is 7.22. The number of anilines is 1. The maximum absolute atomic E-state index is 9.60. The first kappa shape index (κ1) is 14.9. The summed E-state index contributed by atoms with van der Waals surface area (Å²) in [7, 11) is 0. The van der Waals surface area contributed by atoms with E-state index in [1.165, 1.54) is 15.0 Å². The molecule has 1 atom stereocenters. The van der Waals surface area contributed by atoms with Crippen molar-refractivity contribution >= 4 is 32.9 Å². The molecule has 0 amide bonds. The molecular weight excluding hydrogens is 332 g/mol. The van der Waals surface area contributed by atoms with E-state index >= 15 is 0 Å². The Morgan fingerprint density at radius 3 is 3.00 bits per heavy atom. The Morgan fingerprint density at radius 2 is 2.12 bits per heavy atom. The van der Waals surface area contributed by atoms with Crippen molar-refractivity contribution in [1.29, 1.82) is 0 Å². The molecule has 1 aliphatic heterocycles. The van der Waals surface area contributed by atoms with Crippen LogP contribution in [0.3, 0.4) is 0 Å². The lowest BCUT2D eigenvalue weighted by molar-refractivity contribution is 0.266. The van der Waals surface area contributed by atoms with Crippen molar-refractivity contribution in [1.82, 2.24) is 14.6 Å². The Morgan fingerprint density at radius 1 is 1.20 bits per heavy atom. The van der Waals surface area contributed by atoms with Gasteiger partial charge in [-0.1, -0.05) is 18.2 Å². The van der Waals surface area contributed by atoms with E-state index in [1.54, 1.807) is 11.3 Å². The van der Waals surface area contributed by atoms with Crippen molar-refractivity contribution in [2.24, 2.45) is 0 Å². The largest absolute Gasteiger partial charge is 0.394 e. The second-order valence-corrected chi connectivity index (χ2v) is 7.51. The highest BCUT2D eigenvalue weighted by atomic mass is 32.1. The molecule has 5 rings (SSSR count). The molecule has 6 heteroatoms. The van der Waals surface area contributed by atoms with Crippen LogP contribution in [0.5, 0.6) is 0 Å². The Labute approximate surface area is 149 Å². The van der Waals surface area contributed by atoms with Crippen LogP contribution in [0.2, 0.25) is 0 Å². The van der Waals surface area contributed by atoms with Crippen LogP contribution < -0.4 is 4.90 Å². The summed E-state index contributed by atoms with van der Waals surface area (Å²) in [5.74, 6) is 0.907. The fourth-order valence-corrected chi connectivity index (χ4v) is 4.68. The number of fused-ring (bicyclic) bond motifs is 2. The van der Waals surface area contributed by atoms with Gasteiger partial charge in [-0.05, 0) is 42.5 Å². The fourth-order valence-electron chi connectivity index (χ4n) is 3.62. The minimum Gasteiger partial charge on any atom is -0.394 e. The van der Waals surface area contributed by atoms with E-state index in [0.717, 1.165) is 36.5 Å². The van der Waals surface area contributed by atoms with Gasteiger partial charge in [0.05, 0.1) is 23.7 Å². The number of rotatable bonds is 3. The third kappa shape index (κ3) is 2.41. The Bertz CT molecular complexity index is 1020. The highest BCUT2D eigenvalue weighted by Gasteiger charge is 2.25. The van der Waals surface area contributed by atoms with Gasteiger partial charge >= 0.3 is 0 Å². The zero-order valence-electron chi connectivity index (χ0n) is 13.7. The van der Waals surface area contributed by atoms with Crippen LogP contribution in [0.25, 0.3) is 26.3 Å². The van der Waals surface area contributed by atoms with Crippen LogP contribution in [0.4, 0.5) is 5.82 Å². The Kier molecular flexibility index (Phi) is 3.46. The number of hydrogen-bond acceptors (Lipinski definition) is 5. The van der Waals surface area contributed by atoms with Crippen LogP contribution in [-0.4, -0.2) is 38.9 Å². The van der Waals surface area contributed by atoms with Gasteiger partial charge in [-0.15, -0.1) is 16.4 Å². The van der Waals surface area contributed by atoms with Crippen molar-refractivity contribution in [3.63, 3.8) is 0 Å². The Hall–Kier alpha value is -2.44. The Balaban J connectivity index is 1.62. The molecular formula is C19H18N4OS. The minimum atomic E-state index is 0.168. The average molecular weight is 350 g/mol. The van der Waals surface area contributed by atoms with E-state index in [0.29, 0.717) is 0 Å². The standard InChI is InChI=1S/C19H18N4OS/c24-12-14-5-3-9-22(14)19-8-7-18-20-11-15(23(18)21-19)17-10-13-4-1-2-6-16(13)25-17/h1-2,4,6-8,10-11,14,24H,3,5,9,12H2. The number of benzene rings is 1. The predicted molar refractivity (Wildman–Crippen MR) is 101 cm³/mol. The number of aromatic nitrogens is 3. The van der Waals surface area contributed by atoms with Gasteiger partial charge < -0.3 is 10.0 Å². The van der Waals surface area contributed by atoms with Gasteiger partial charge in [0.15, 0.2) is 5.65 Å². The van der Waals surface area contributed by atoms with Gasteiger partial charge in [0.25, 0.3) is 0 Å². The predicted octanol–water partition coefficient (Wildman–Crippen LogP) is 3.57. The van der Waals surface area contributed by atoms with E-state index in [-0.39, 0.29) is 12.6 Å². The number of imidazole rings is 1. The molecule has 126 valence electrons. The molecule has 1 aliphatic rings. The highest BCUT2D eigenvalue weighted by Crippen LogP contribution is 2.34. The first-order valence-corrected chi connectivity index (χ1v) is 9.36. The zero-order chi connectivity index (χ0) is 16.8. The number of hydrogen-bond donors (Lipinski definition) is 1. The monoisotopic (exact) mass is 350 g/mol. The first-order chi connectivity index (χ1) is 12.3. The topological polar surface area (TPSA) is 53.7 Å². The second kappa shape index (κ2) is 5.82. The van der Waals surface area contributed by atoms with E-state index in [9.17, 15) is 5.11 Å². The van der Waals surface area contributed by atoms with Crippen LogP contribution in [-0.2, 0) is 0 Å². The van der Waals surface area contributed by atoms with Gasteiger partial charge in [0.1, 0.15) is 11.5 Å². The van der Waals surface area contributed by atoms with Crippen LogP contribution in [0, 0.1) is 0 Å². The third-order valence-corrected chi connectivity index (χ3v) is 6.05. The van der Waals surface area contributed by atoms with Crippen molar-refractivity contribution < 1.29 is 5.11 Å². The van der Waals surface area contributed by atoms with Gasteiger partial charge in [0, 0.05) is 11.2 Å². The van der Waals surface area contributed by atoms with Crippen molar-refractivity contribution in [2.75, 3.05) is 18.1 Å². The fraction of sp³-hybridized carbons (Fsp3) is 0.263. The molecule has 1 N–H and O–H groups in total. The van der Waals surface area contributed by atoms with Gasteiger partial charge in [-0.2, -0.15) is 0 Å². The normalized spacial score (nSPS) is 17.8. The molecule has 0 radical (unpaired) electrons. The molecule has 3 aromatic heterocycles. The molecule has 1 aromatic carbocycles. The first-order valence-electron chi connectivity index (χ1n) is 8.55. The molecule has 4 aromatic rings. The lowest BCUT2D eigenvalue weighted by Gasteiger charge is -2.23. The van der Waals surface area contributed by atoms with E-state index < -0.39 is 0 Å². The SMILES string of the molecule is OCC1CCCN1c1ccc2ncc(-c3cc4ccccc4s3)n2n1. The smallest absolute Gasteiger partial charge is 0.154 e. The summed E-state index contributed by atoms with van der Waals surface area (Å²) in [6.07, 6.45) is 4.01. The van der Waals surface area contributed by atoms with Crippen molar-refractivity contribution in [3.05, 3.63) is 48.7 Å². The molecule has 4 heterocycles. The van der Waals surface area contributed by atoms with E-state index in [2.05, 4.69) is 40.2 Å². The summed E-state index contributed by atoms with van der Waals surface area (Å²) in [5, 5.41) is 15.7. The summed E-state index contributed by atoms with van der Waals surface area (Å²) in [6.45, 7) is 1.11. The number of nitrogens with zero attached hydrogens (tertiary/aromatic N) is 4. The summed E-state index contributed by atoms with van der Waals surface area (Å²) in [4.78, 5) is 7.88. The van der Waals surface area contributed by atoms with Gasteiger partial charge in [-0.25, -0.2) is 9.50 Å². The quantitative estimate of drug-likeness (QED) is 0.614. The molecule has 0 saturated carbocycles. The second-order valence-electron chi connectivity index (χ2n) is 6.43. The molecule has 0 bridgehead atoms. The molecule has 1 fully saturated rings. The van der Waals surface area contributed by atoms with Crippen LogP contribution in [0.15, 0.2) is 48.7 Å². The summed E-state index contributed by atoms with van der Waals surface area (Å²) >= 11 is 1.76. The molecule has 1 unspecified atom stereocenters. The number of aliphatic hydroxyl groups is 1. The van der Waals surface area contributed by atoms with E-state index in [4.69, 9.17) is 5.10 Å². The summed E-state index contributed by atoms with van der Waals surface area (Å²) in [5.41, 5.74) is 1.86. The van der Waals surface area contributed by atoms with Crippen LogP contribution >= 0.6 is 11.3 Å². The lowest BCUT2D eigenvalue weighted by atomic mass is 10.2. The molecule has 25 heavy (non-hydrogen) atoms. The maximum Gasteiger partial charge on any atom is 0.154 e. The molecule has 1 saturated heterocycles. The number of aliphatic hydroxyl groups excluding tert-OH is 1. The maximum atomic E-state index is 9.60. The van der Waals surface area contributed by atoms with Crippen molar-refractivity contribution in [2.45, 2.75) is 18.9 Å². The molecule has 5 nitrogen and oxygen atoms in total. The minimum absolute atomic E-state index is 0.168. The van der Waals surface area contributed by atoms with Crippen LogP contribution in [0.1, 0.15) is 12.8 Å². The lowest BCUT2D eigenvalue weighted by Crippen LogP contribution is -2.33. The average Bonchev–Trinajstić information content (AvgIpc) is 3.37. The zero-order valence-corrected chi connectivity index (χ0v) is 14.5. The van der Waals surface area contributed by atoms with E-state index in [1.807, 2.05) is 22.8 Å².